The van der Waals surface area contributed by atoms with Crippen molar-refractivity contribution < 1.29 is 8.42 Å². The summed E-state index contributed by atoms with van der Waals surface area (Å²) in [6, 6.07) is 1.87. The Kier molecular flexibility index (Phi) is 4.46. The Morgan fingerprint density at radius 3 is 2.53 bits per heavy atom. The van der Waals surface area contributed by atoms with Gasteiger partial charge in [-0.3, -0.25) is 4.90 Å². The summed E-state index contributed by atoms with van der Waals surface area (Å²) in [4.78, 5) is 10.3. The Balaban J connectivity index is 2.04. The van der Waals surface area contributed by atoms with Crippen molar-refractivity contribution in [2.45, 2.75) is 6.04 Å². The van der Waals surface area contributed by atoms with Crippen LogP contribution in [0.1, 0.15) is 11.7 Å². The highest BCUT2D eigenvalue weighted by Crippen LogP contribution is 2.19. The van der Waals surface area contributed by atoms with Crippen molar-refractivity contribution in [2.75, 3.05) is 39.0 Å². The molecule has 106 valence electrons. The van der Waals surface area contributed by atoms with Gasteiger partial charge in [0.1, 0.15) is 6.33 Å². The zero-order valence-corrected chi connectivity index (χ0v) is 11.8. The van der Waals surface area contributed by atoms with Gasteiger partial charge in [0.05, 0.1) is 18.0 Å². The van der Waals surface area contributed by atoms with Gasteiger partial charge in [-0.1, -0.05) is 0 Å². The Morgan fingerprint density at radius 1 is 1.37 bits per heavy atom. The second-order valence-corrected chi connectivity index (χ2v) is 6.57. The molecule has 0 aliphatic carbocycles. The van der Waals surface area contributed by atoms with Gasteiger partial charge < -0.3 is 5.73 Å². The minimum Gasteiger partial charge on any atom is -0.329 e. The lowest BCUT2D eigenvalue weighted by Crippen LogP contribution is -2.50. The van der Waals surface area contributed by atoms with Gasteiger partial charge in [0.2, 0.25) is 10.0 Å². The van der Waals surface area contributed by atoms with Gasteiger partial charge >= 0.3 is 0 Å². The molecule has 0 bridgehead atoms. The average Bonchev–Trinajstić information content (AvgIpc) is 2.40. The summed E-state index contributed by atoms with van der Waals surface area (Å²) in [5.41, 5.74) is 6.70. The standard InChI is InChI=1S/C11H19N5O2S/c1-19(17,18)16-6-4-15(5-7-16)11(8-12)10-2-3-13-9-14-10/h2-3,9,11H,4-8,12H2,1H3. The van der Waals surface area contributed by atoms with Crippen LogP contribution in [0.5, 0.6) is 0 Å². The molecule has 0 radical (unpaired) electrons. The minimum atomic E-state index is -3.10. The van der Waals surface area contributed by atoms with Crippen molar-refractivity contribution in [2.24, 2.45) is 5.73 Å². The molecule has 2 rings (SSSR count). The molecule has 0 spiro atoms. The van der Waals surface area contributed by atoms with Gasteiger partial charge in [-0.2, -0.15) is 4.31 Å². The summed E-state index contributed by atoms with van der Waals surface area (Å²) in [7, 11) is -3.10. The average molecular weight is 285 g/mol. The van der Waals surface area contributed by atoms with Gasteiger partial charge in [-0.15, -0.1) is 0 Å². The number of hydrogen-bond acceptors (Lipinski definition) is 6. The third kappa shape index (κ3) is 3.47. The molecule has 2 heterocycles. The maximum Gasteiger partial charge on any atom is 0.211 e. The van der Waals surface area contributed by atoms with Crippen LogP contribution in [0.4, 0.5) is 0 Å². The zero-order chi connectivity index (χ0) is 13.9. The van der Waals surface area contributed by atoms with Crippen LogP contribution in [0.25, 0.3) is 0 Å². The first-order valence-electron chi connectivity index (χ1n) is 6.17. The largest absolute Gasteiger partial charge is 0.329 e. The third-order valence-electron chi connectivity index (χ3n) is 3.35. The van der Waals surface area contributed by atoms with Crippen LogP contribution in [-0.4, -0.2) is 66.6 Å². The fraction of sp³-hybridized carbons (Fsp3) is 0.636. The molecule has 0 amide bonds. The molecule has 1 aromatic rings. The molecular formula is C11H19N5O2S. The van der Waals surface area contributed by atoms with E-state index in [1.165, 1.54) is 16.9 Å². The molecule has 0 saturated carbocycles. The molecule has 1 atom stereocenters. The SMILES string of the molecule is CS(=O)(=O)N1CCN(C(CN)c2ccncn2)CC1. The van der Waals surface area contributed by atoms with Crippen LogP contribution in [0.2, 0.25) is 0 Å². The predicted octanol–water partition coefficient (Wildman–Crippen LogP) is -0.946. The topological polar surface area (TPSA) is 92.4 Å². The van der Waals surface area contributed by atoms with E-state index in [1.807, 2.05) is 6.07 Å². The Bertz CT molecular complexity index is 499. The Labute approximate surface area is 113 Å². The summed E-state index contributed by atoms with van der Waals surface area (Å²) in [6.07, 6.45) is 4.44. The highest BCUT2D eigenvalue weighted by Gasteiger charge is 2.28. The molecule has 8 heteroatoms. The van der Waals surface area contributed by atoms with Gasteiger partial charge in [0, 0.05) is 38.9 Å². The number of nitrogens with zero attached hydrogens (tertiary/aromatic N) is 4. The van der Waals surface area contributed by atoms with Crippen molar-refractivity contribution >= 4 is 10.0 Å². The van der Waals surface area contributed by atoms with Crippen LogP contribution >= 0.6 is 0 Å². The molecule has 1 aliphatic rings. The fourth-order valence-corrected chi connectivity index (χ4v) is 3.13. The predicted molar refractivity (Wildman–Crippen MR) is 71.8 cm³/mol. The van der Waals surface area contributed by atoms with E-state index in [9.17, 15) is 8.42 Å². The molecule has 7 nitrogen and oxygen atoms in total. The molecular weight excluding hydrogens is 266 g/mol. The van der Waals surface area contributed by atoms with Gasteiger partial charge in [-0.25, -0.2) is 18.4 Å². The van der Waals surface area contributed by atoms with E-state index in [0.29, 0.717) is 32.7 Å². The van der Waals surface area contributed by atoms with E-state index in [-0.39, 0.29) is 6.04 Å². The molecule has 1 aromatic heterocycles. The van der Waals surface area contributed by atoms with Crippen LogP contribution < -0.4 is 5.73 Å². The summed E-state index contributed by atoms with van der Waals surface area (Å²) in [5.74, 6) is 0. The second-order valence-electron chi connectivity index (χ2n) is 4.58. The number of piperazine rings is 1. The van der Waals surface area contributed by atoms with E-state index >= 15 is 0 Å². The van der Waals surface area contributed by atoms with E-state index < -0.39 is 10.0 Å². The van der Waals surface area contributed by atoms with Crippen molar-refractivity contribution in [3.8, 4) is 0 Å². The highest BCUT2D eigenvalue weighted by atomic mass is 32.2. The van der Waals surface area contributed by atoms with Crippen LogP contribution in [0.15, 0.2) is 18.6 Å². The molecule has 1 saturated heterocycles. The fourth-order valence-electron chi connectivity index (χ4n) is 2.30. The first kappa shape index (κ1) is 14.3. The first-order chi connectivity index (χ1) is 9.02. The lowest BCUT2D eigenvalue weighted by Gasteiger charge is -2.37. The maximum atomic E-state index is 11.5. The molecule has 19 heavy (non-hydrogen) atoms. The van der Waals surface area contributed by atoms with Gasteiger partial charge in [0.25, 0.3) is 0 Å². The van der Waals surface area contributed by atoms with Crippen LogP contribution in [0, 0.1) is 0 Å². The quantitative estimate of drug-likeness (QED) is 0.767. The minimum absolute atomic E-state index is 0.0183. The van der Waals surface area contributed by atoms with E-state index in [0.717, 1.165) is 5.69 Å². The maximum absolute atomic E-state index is 11.5. The molecule has 0 aromatic carbocycles. The third-order valence-corrected chi connectivity index (χ3v) is 4.66. The first-order valence-corrected chi connectivity index (χ1v) is 8.02. The molecule has 1 unspecified atom stereocenters. The summed E-state index contributed by atoms with van der Waals surface area (Å²) >= 11 is 0. The highest BCUT2D eigenvalue weighted by molar-refractivity contribution is 7.88. The van der Waals surface area contributed by atoms with E-state index in [1.54, 1.807) is 6.20 Å². The lowest BCUT2D eigenvalue weighted by atomic mass is 10.1. The summed E-state index contributed by atoms with van der Waals surface area (Å²) < 4.78 is 24.4. The van der Waals surface area contributed by atoms with Gasteiger partial charge in [-0.05, 0) is 6.07 Å². The summed E-state index contributed by atoms with van der Waals surface area (Å²) in [5, 5.41) is 0. The van der Waals surface area contributed by atoms with Crippen molar-refractivity contribution in [1.82, 2.24) is 19.2 Å². The van der Waals surface area contributed by atoms with E-state index in [2.05, 4.69) is 14.9 Å². The van der Waals surface area contributed by atoms with Crippen LogP contribution in [-0.2, 0) is 10.0 Å². The van der Waals surface area contributed by atoms with Crippen molar-refractivity contribution in [1.29, 1.82) is 0 Å². The number of rotatable bonds is 4. The van der Waals surface area contributed by atoms with Crippen molar-refractivity contribution in [3.05, 3.63) is 24.3 Å². The lowest BCUT2D eigenvalue weighted by molar-refractivity contribution is 0.138. The van der Waals surface area contributed by atoms with Gasteiger partial charge in [0.15, 0.2) is 0 Å². The Morgan fingerprint density at radius 2 is 2.05 bits per heavy atom. The normalized spacial score (nSPS) is 20.3. The molecule has 1 aliphatic heterocycles. The van der Waals surface area contributed by atoms with Crippen molar-refractivity contribution in [3.63, 3.8) is 0 Å². The Hall–Kier alpha value is -1.09. The number of hydrogen-bond donors (Lipinski definition) is 1. The summed E-state index contributed by atoms with van der Waals surface area (Å²) in [6.45, 7) is 2.79. The number of sulfonamides is 1. The zero-order valence-electron chi connectivity index (χ0n) is 10.9. The molecule has 1 fully saturated rings. The smallest absolute Gasteiger partial charge is 0.211 e. The number of aromatic nitrogens is 2. The molecule has 2 N–H and O–H groups in total. The number of nitrogens with two attached hydrogens (primary N) is 1. The van der Waals surface area contributed by atoms with Crippen LogP contribution in [0.3, 0.4) is 0 Å². The van der Waals surface area contributed by atoms with E-state index in [4.69, 9.17) is 5.73 Å². The second kappa shape index (κ2) is 5.91. The monoisotopic (exact) mass is 285 g/mol.